The minimum Gasteiger partial charge on any atom is -0.457 e. The fraction of sp³-hybridized carbons (Fsp3) is 0.300. The number of nitro benzene ring substituents is 1. The molecular formula is C20H18FNO5. The molecule has 0 atom stereocenters. The van der Waals surface area contributed by atoms with E-state index in [1.165, 1.54) is 36.4 Å². The molecule has 0 bridgehead atoms. The van der Waals surface area contributed by atoms with Crippen molar-refractivity contribution in [2.75, 3.05) is 6.61 Å². The number of nitro groups is 1. The van der Waals surface area contributed by atoms with E-state index in [1.807, 2.05) is 0 Å². The fourth-order valence-corrected chi connectivity index (χ4v) is 3.48. The van der Waals surface area contributed by atoms with Crippen molar-refractivity contribution < 1.29 is 23.6 Å². The summed E-state index contributed by atoms with van der Waals surface area (Å²) in [7, 11) is 0. The van der Waals surface area contributed by atoms with Crippen LogP contribution in [-0.2, 0) is 14.9 Å². The maximum Gasteiger partial charge on any atom is 0.317 e. The number of carbonyl (C=O) groups excluding carboxylic acids is 2. The first-order valence-electron chi connectivity index (χ1n) is 8.63. The molecule has 1 saturated carbocycles. The van der Waals surface area contributed by atoms with Gasteiger partial charge in [0.05, 0.1) is 10.3 Å². The second-order valence-electron chi connectivity index (χ2n) is 6.60. The van der Waals surface area contributed by atoms with E-state index in [1.54, 1.807) is 12.1 Å². The zero-order valence-corrected chi connectivity index (χ0v) is 14.5. The fourth-order valence-electron chi connectivity index (χ4n) is 3.48. The molecule has 140 valence electrons. The minimum absolute atomic E-state index is 0.121. The average Bonchev–Trinajstić information content (AvgIpc) is 3.17. The molecule has 3 rings (SSSR count). The number of ether oxygens (including phenoxy) is 1. The summed E-state index contributed by atoms with van der Waals surface area (Å²) in [5.74, 6) is -1.32. The summed E-state index contributed by atoms with van der Waals surface area (Å²) >= 11 is 0. The van der Waals surface area contributed by atoms with Gasteiger partial charge in [0, 0.05) is 17.7 Å². The number of rotatable bonds is 6. The second kappa shape index (κ2) is 7.65. The number of ketones is 1. The van der Waals surface area contributed by atoms with Gasteiger partial charge in [-0.25, -0.2) is 4.39 Å². The maximum absolute atomic E-state index is 13.2. The molecule has 0 heterocycles. The summed E-state index contributed by atoms with van der Waals surface area (Å²) < 4.78 is 18.5. The highest BCUT2D eigenvalue weighted by Gasteiger charge is 2.44. The molecule has 6 nitrogen and oxygen atoms in total. The first-order valence-corrected chi connectivity index (χ1v) is 8.63. The molecule has 0 spiro atoms. The number of non-ortho nitro benzene ring substituents is 1. The molecule has 2 aromatic carbocycles. The number of esters is 1. The molecule has 0 amide bonds. The van der Waals surface area contributed by atoms with Crippen LogP contribution in [0.1, 0.15) is 41.6 Å². The van der Waals surface area contributed by atoms with Crippen LogP contribution in [0.15, 0.2) is 48.5 Å². The first-order chi connectivity index (χ1) is 12.9. The Morgan fingerprint density at radius 1 is 1.04 bits per heavy atom. The standard InChI is InChI=1S/C20H18FNO5/c21-16-7-5-15(6-8-16)20(11-1-2-12-20)19(24)27-13-18(23)14-3-9-17(10-4-14)22(25)26/h3-10H,1-2,11-13H2. The van der Waals surface area contributed by atoms with Gasteiger partial charge in [-0.1, -0.05) is 25.0 Å². The largest absolute Gasteiger partial charge is 0.457 e. The highest BCUT2D eigenvalue weighted by molar-refractivity contribution is 5.98. The van der Waals surface area contributed by atoms with Crippen LogP contribution in [-0.4, -0.2) is 23.3 Å². The number of hydrogen-bond acceptors (Lipinski definition) is 5. The third-order valence-corrected chi connectivity index (χ3v) is 4.98. The Morgan fingerprint density at radius 3 is 2.19 bits per heavy atom. The van der Waals surface area contributed by atoms with E-state index in [-0.39, 0.29) is 17.1 Å². The lowest BCUT2D eigenvalue weighted by Gasteiger charge is -2.27. The Kier molecular flexibility index (Phi) is 5.30. The highest BCUT2D eigenvalue weighted by atomic mass is 19.1. The smallest absolute Gasteiger partial charge is 0.317 e. The first kappa shape index (κ1) is 18.7. The molecule has 1 fully saturated rings. The topological polar surface area (TPSA) is 86.5 Å². The van der Waals surface area contributed by atoms with Crippen LogP contribution in [0.4, 0.5) is 10.1 Å². The van der Waals surface area contributed by atoms with Crippen LogP contribution in [0.5, 0.6) is 0 Å². The lowest BCUT2D eigenvalue weighted by atomic mass is 9.79. The summed E-state index contributed by atoms with van der Waals surface area (Å²) in [6.07, 6.45) is 2.87. The minimum atomic E-state index is -0.858. The van der Waals surface area contributed by atoms with Crippen LogP contribution < -0.4 is 0 Å². The van der Waals surface area contributed by atoms with Crippen molar-refractivity contribution in [2.45, 2.75) is 31.1 Å². The van der Waals surface area contributed by atoms with Gasteiger partial charge >= 0.3 is 5.97 Å². The van der Waals surface area contributed by atoms with Crippen molar-refractivity contribution in [3.8, 4) is 0 Å². The molecule has 1 aliphatic carbocycles. The van der Waals surface area contributed by atoms with Crippen molar-refractivity contribution in [2.24, 2.45) is 0 Å². The van der Waals surface area contributed by atoms with Gasteiger partial charge in [0.15, 0.2) is 12.4 Å². The number of Topliss-reactive ketones (excluding diaryl/α,β-unsaturated/α-hetero) is 1. The van der Waals surface area contributed by atoms with E-state index < -0.39 is 28.7 Å². The average molecular weight is 371 g/mol. The third kappa shape index (κ3) is 3.86. The number of halogens is 1. The zero-order chi connectivity index (χ0) is 19.4. The Morgan fingerprint density at radius 2 is 1.63 bits per heavy atom. The van der Waals surface area contributed by atoms with Gasteiger partial charge in [-0.3, -0.25) is 19.7 Å². The van der Waals surface area contributed by atoms with Crippen molar-refractivity contribution in [1.29, 1.82) is 0 Å². The van der Waals surface area contributed by atoms with Crippen molar-refractivity contribution >= 4 is 17.4 Å². The van der Waals surface area contributed by atoms with E-state index in [0.29, 0.717) is 18.4 Å². The lowest BCUT2D eigenvalue weighted by molar-refractivity contribution is -0.384. The van der Waals surface area contributed by atoms with Gasteiger partial charge in [0.2, 0.25) is 0 Å². The number of carbonyl (C=O) groups is 2. The van der Waals surface area contributed by atoms with Crippen LogP contribution in [0.25, 0.3) is 0 Å². The van der Waals surface area contributed by atoms with Crippen molar-refractivity contribution in [3.63, 3.8) is 0 Å². The molecule has 7 heteroatoms. The van der Waals surface area contributed by atoms with Gasteiger partial charge in [0.25, 0.3) is 5.69 Å². The number of nitrogens with zero attached hydrogens (tertiary/aromatic N) is 1. The van der Waals surface area contributed by atoms with Crippen LogP contribution in [0.3, 0.4) is 0 Å². The van der Waals surface area contributed by atoms with E-state index in [9.17, 15) is 24.1 Å². The Bertz CT molecular complexity index is 855. The summed E-state index contributed by atoms with van der Waals surface area (Å²) in [5, 5.41) is 10.7. The summed E-state index contributed by atoms with van der Waals surface area (Å²) in [6, 6.07) is 10.9. The van der Waals surface area contributed by atoms with E-state index in [2.05, 4.69) is 0 Å². The van der Waals surface area contributed by atoms with Crippen LogP contribution in [0.2, 0.25) is 0 Å². The summed E-state index contributed by atoms with van der Waals surface area (Å²) in [6.45, 7) is -0.445. The molecule has 0 unspecified atom stereocenters. The quantitative estimate of drug-likeness (QED) is 0.332. The molecule has 27 heavy (non-hydrogen) atoms. The van der Waals surface area contributed by atoms with Gasteiger partial charge in [-0.15, -0.1) is 0 Å². The molecule has 0 aliphatic heterocycles. The second-order valence-corrected chi connectivity index (χ2v) is 6.60. The predicted octanol–water partition coefficient (Wildman–Crippen LogP) is 3.97. The van der Waals surface area contributed by atoms with E-state index >= 15 is 0 Å². The Balaban J connectivity index is 1.70. The van der Waals surface area contributed by atoms with Crippen LogP contribution in [0, 0.1) is 15.9 Å². The van der Waals surface area contributed by atoms with Gasteiger partial charge in [-0.2, -0.15) is 0 Å². The van der Waals surface area contributed by atoms with Gasteiger partial charge < -0.3 is 4.74 Å². The molecule has 0 N–H and O–H groups in total. The summed E-state index contributed by atoms with van der Waals surface area (Å²) in [4.78, 5) is 35.1. The molecule has 0 saturated heterocycles. The van der Waals surface area contributed by atoms with Crippen LogP contribution >= 0.6 is 0 Å². The van der Waals surface area contributed by atoms with Crippen molar-refractivity contribution in [3.05, 3.63) is 75.6 Å². The number of hydrogen-bond donors (Lipinski definition) is 0. The zero-order valence-electron chi connectivity index (χ0n) is 14.5. The third-order valence-electron chi connectivity index (χ3n) is 4.98. The highest BCUT2D eigenvalue weighted by Crippen LogP contribution is 2.42. The Hall–Kier alpha value is -3.09. The Labute approximate surface area is 155 Å². The normalized spacial score (nSPS) is 15.3. The monoisotopic (exact) mass is 371 g/mol. The van der Waals surface area contributed by atoms with E-state index in [4.69, 9.17) is 4.74 Å². The molecule has 1 aliphatic rings. The predicted molar refractivity (Wildman–Crippen MR) is 94.9 cm³/mol. The summed E-state index contributed by atoms with van der Waals surface area (Å²) in [5.41, 5.74) is -0.0571. The lowest BCUT2D eigenvalue weighted by Crippen LogP contribution is -2.35. The van der Waals surface area contributed by atoms with Gasteiger partial charge in [-0.05, 0) is 42.7 Å². The van der Waals surface area contributed by atoms with Gasteiger partial charge in [0.1, 0.15) is 5.82 Å². The molecular weight excluding hydrogens is 353 g/mol. The van der Waals surface area contributed by atoms with E-state index in [0.717, 1.165) is 12.8 Å². The number of benzene rings is 2. The molecule has 0 radical (unpaired) electrons. The SMILES string of the molecule is O=C(COC(=O)C1(c2ccc(F)cc2)CCCC1)c1ccc([N+](=O)[O-])cc1. The molecule has 2 aromatic rings. The van der Waals surface area contributed by atoms with Crippen molar-refractivity contribution in [1.82, 2.24) is 0 Å². The maximum atomic E-state index is 13.2. The molecule has 0 aromatic heterocycles.